The number of nitriles is 1. The molecule has 15 heteroatoms. The third-order valence-corrected chi connectivity index (χ3v) is 8.53. The van der Waals surface area contributed by atoms with Crippen molar-refractivity contribution in [3.8, 4) is 11.8 Å². The molecule has 14 nitrogen and oxygen atoms in total. The fraction of sp³-hybridized carbons (Fsp3) is 0.481. The van der Waals surface area contributed by atoms with E-state index in [1.807, 2.05) is 19.9 Å². The summed E-state index contributed by atoms with van der Waals surface area (Å²) >= 11 is 0. The molecule has 1 fully saturated rings. The van der Waals surface area contributed by atoms with Gasteiger partial charge in [0.15, 0.2) is 11.9 Å². The first kappa shape index (κ1) is 31.4. The van der Waals surface area contributed by atoms with Crippen LogP contribution in [-0.2, 0) is 27.9 Å². The van der Waals surface area contributed by atoms with E-state index in [-0.39, 0.29) is 29.8 Å². The Bertz CT molecular complexity index is 1460. The number of ether oxygens (including phenoxy) is 2. The van der Waals surface area contributed by atoms with Gasteiger partial charge >= 0.3 is 13.8 Å². The van der Waals surface area contributed by atoms with Crippen LogP contribution in [0.1, 0.15) is 45.4 Å². The van der Waals surface area contributed by atoms with Crippen molar-refractivity contribution in [1.82, 2.24) is 14.6 Å². The molecule has 0 bridgehead atoms. The van der Waals surface area contributed by atoms with Crippen LogP contribution in [0.15, 0.2) is 48.8 Å². The monoisotopic (exact) mass is 603 g/mol. The lowest BCUT2D eigenvalue weighted by Crippen LogP contribution is -2.45. The molecule has 0 saturated carbocycles. The highest BCUT2D eigenvalue weighted by Crippen LogP contribution is 2.52. The number of aliphatic hydroxyl groups excluding tert-OH is 2. The second-order valence-corrected chi connectivity index (χ2v) is 11.4. The van der Waals surface area contributed by atoms with Gasteiger partial charge in [0.1, 0.15) is 48.6 Å². The summed E-state index contributed by atoms with van der Waals surface area (Å²) in [5.41, 5.74) is 4.37. The van der Waals surface area contributed by atoms with Crippen molar-refractivity contribution in [2.24, 2.45) is 5.92 Å². The van der Waals surface area contributed by atoms with E-state index in [4.69, 9.17) is 28.8 Å². The molecule has 226 valence electrons. The second kappa shape index (κ2) is 13.2. The zero-order valence-corrected chi connectivity index (χ0v) is 24.3. The van der Waals surface area contributed by atoms with Crippen molar-refractivity contribution in [2.75, 3.05) is 18.9 Å². The number of esters is 1. The number of aromatic nitrogens is 3. The Hall–Kier alpha value is -3.57. The summed E-state index contributed by atoms with van der Waals surface area (Å²) in [6.45, 7) is 4.58. The summed E-state index contributed by atoms with van der Waals surface area (Å²) in [4.78, 5) is 16.5. The summed E-state index contributed by atoms with van der Waals surface area (Å²) < 4.78 is 42.9. The van der Waals surface area contributed by atoms with Gasteiger partial charge in [-0.2, -0.15) is 10.4 Å². The predicted octanol–water partition coefficient (Wildman–Crippen LogP) is 2.96. The van der Waals surface area contributed by atoms with Gasteiger partial charge in [-0.1, -0.05) is 44.9 Å². The highest BCUT2D eigenvalue weighted by Gasteiger charge is 2.57. The Kier molecular flexibility index (Phi) is 9.83. The van der Waals surface area contributed by atoms with Crippen molar-refractivity contribution in [1.29, 1.82) is 5.26 Å². The van der Waals surface area contributed by atoms with E-state index in [9.17, 15) is 24.8 Å². The van der Waals surface area contributed by atoms with Crippen LogP contribution < -0.4 is 10.3 Å². The van der Waals surface area contributed by atoms with Crippen LogP contribution >= 0.6 is 7.82 Å². The zero-order valence-electron chi connectivity index (χ0n) is 23.4. The lowest BCUT2D eigenvalue weighted by molar-refractivity contribution is -0.153. The topological polar surface area (TPSA) is 201 Å². The number of anilines is 1. The van der Waals surface area contributed by atoms with E-state index < -0.39 is 50.4 Å². The second-order valence-electron chi connectivity index (χ2n) is 9.86. The Morgan fingerprint density at radius 1 is 1.24 bits per heavy atom. The third kappa shape index (κ3) is 6.57. The Balaban J connectivity index is 1.55. The molecule has 1 saturated heterocycles. The summed E-state index contributed by atoms with van der Waals surface area (Å²) in [6, 6.07) is 12.9. The normalized spacial score (nSPS) is 24.3. The number of nitrogens with zero attached hydrogens (tertiary/aromatic N) is 4. The van der Waals surface area contributed by atoms with Crippen molar-refractivity contribution in [3.05, 3.63) is 54.5 Å². The van der Waals surface area contributed by atoms with Crippen molar-refractivity contribution < 1.29 is 42.6 Å². The number of hydrogen-bond donors (Lipinski definition) is 3. The number of rotatable bonds is 13. The van der Waals surface area contributed by atoms with Gasteiger partial charge in [0.05, 0.1) is 12.3 Å². The molecule has 2 aromatic heterocycles. The van der Waals surface area contributed by atoms with E-state index in [2.05, 4.69) is 10.1 Å². The molecule has 4 N–H and O–H groups in total. The number of phosphoric acid groups is 1. The minimum absolute atomic E-state index is 0.0900. The van der Waals surface area contributed by atoms with Gasteiger partial charge in [0.25, 0.3) is 0 Å². The quantitative estimate of drug-likeness (QED) is 0.190. The van der Waals surface area contributed by atoms with Crippen LogP contribution in [0.5, 0.6) is 5.75 Å². The molecular formula is C27H34N5O9P. The Morgan fingerprint density at radius 3 is 2.62 bits per heavy atom. The van der Waals surface area contributed by atoms with Crippen molar-refractivity contribution in [2.45, 2.75) is 63.6 Å². The number of para-hydroxylation sites is 1. The van der Waals surface area contributed by atoms with Crippen LogP contribution in [0, 0.1) is 17.2 Å². The van der Waals surface area contributed by atoms with Crippen molar-refractivity contribution >= 4 is 25.1 Å². The Labute approximate surface area is 242 Å². The smallest absolute Gasteiger partial charge is 0.463 e. The molecule has 3 aromatic rings. The Morgan fingerprint density at radius 2 is 1.95 bits per heavy atom. The summed E-state index contributed by atoms with van der Waals surface area (Å²) in [5.74, 6) is -0.373. The molecule has 4 rings (SSSR count). The molecule has 1 aliphatic rings. The van der Waals surface area contributed by atoms with Crippen LogP contribution in [0.3, 0.4) is 0 Å². The molecule has 6 atom stereocenters. The van der Waals surface area contributed by atoms with E-state index in [0.29, 0.717) is 5.52 Å². The minimum Gasteiger partial charge on any atom is -0.463 e. The van der Waals surface area contributed by atoms with Gasteiger partial charge in [0, 0.05) is 0 Å². The van der Waals surface area contributed by atoms with E-state index in [0.717, 1.165) is 12.8 Å². The molecule has 0 aliphatic carbocycles. The van der Waals surface area contributed by atoms with E-state index >= 15 is 0 Å². The van der Waals surface area contributed by atoms with Crippen LogP contribution in [0.25, 0.3) is 5.52 Å². The number of nitrogens with two attached hydrogens (primary N) is 1. The first-order valence-corrected chi connectivity index (χ1v) is 14.9. The number of nitrogen functional groups attached to an aromatic ring is 1. The fourth-order valence-electron chi connectivity index (χ4n) is 4.42. The first-order valence-electron chi connectivity index (χ1n) is 13.4. The molecular weight excluding hydrogens is 569 g/mol. The molecule has 3 heterocycles. The van der Waals surface area contributed by atoms with Gasteiger partial charge in [0.2, 0.25) is 5.60 Å². The highest BCUT2D eigenvalue weighted by molar-refractivity contribution is 7.49. The minimum atomic E-state index is -4.66. The maximum atomic E-state index is 13.9. The number of fused-ring (bicyclic) bond motifs is 1. The van der Waals surface area contributed by atoms with Crippen LogP contribution in [0.2, 0.25) is 0 Å². The maximum Gasteiger partial charge on any atom is 0.531 e. The highest BCUT2D eigenvalue weighted by atomic mass is 31.2. The molecule has 0 spiro atoms. The predicted molar refractivity (Wildman–Crippen MR) is 148 cm³/mol. The van der Waals surface area contributed by atoms with Gasteiger partial charge in [-0.15, -0.1) is 0 Å². The molecule has 0 radical (unpaired) electrons. The SMILES string of the molecule is CCC(CC)COC(=O)[C@H](C)OP(=O)(OC[C@@]1(C#N)O[C@@H](c2ccc3c(N)ncnn23)[C@H](O)[C@@H]1O)Oc1ccccc1. The average molecular weight is 604 g/mol. The summed E-state index contributed by atoms with van der Waals surface area (Å²) in [7, 11) is -4.66. The van der Waals surface area contributed by atoms with Gasteiger partial charge < -0.3 is 29.9 Å². The number of carbonyl (C=O) groups is 1. The number of carbonyl (C=O) groups excluding carboxylic acids is 1. The average Bonchev–Trinajstić information content (AvgIpc) is 3.52. The molecule has 0 amide bonds. The number of hydrogen-bond acceptors (Lipinski definition) is 13. The number of aliphatic hydroxyl groups is 2. The first-order chi connectivity index (χ1) is 20.1. The van der Waals surface area contributed by atoms with E-state index in [1.165, 1.54) is 29.9 Å². The molecule has 1 unspecified atom stereocenters. The summed E-state index contributed by atoms with van der Waals surface area (Å²) in [6.07, 6.45) is -3.24. The van der Waals surface area contributed by atoms with Crippen LogP contribution in [-0.4, -0.2) is 67.9 Å². The van der Waals surface area contributed by atoms with Crippen LogP contribution in [0.4, 0.5) is 5.82 Å². The number of phosphoric ester groups is 1. The standard InChI is InChI=1S/C27H34N5O9P/c1-4-18(5-2)13-37-26(35)17(3)40-42(36,41-19-9-7-6-8-10-19)38-15-27(14-28)24(34)22(33)23(39-27)20-11-12-21-25(29)30-16-31-32(20)21/h6-12,16-18,22-24,33-34H,4-5,13,15H2,1-3H3,(H2,29,30,31)/t17-,22-,23-,24-,27+,42?/m0/s1. The third-order valence-electron chi connectivity index (χ3n) is 7.07. The molecule has 1 aliphatic heterocycles. The fourth-order valence-corrected chi connectivity index (χ4v) is 5.78. The van der Waals surface area contributed by atoms with Gasteiger partial charge in [-0.25, -0.2) is 18.9 Å². The number of benzene rings is 1. The van der Waals surface area contributed by atoms with Gasteiger partial charge in [-0.05, 0) is 37.1 Å². The maximum absolute atomic E-state index is 13.9. The zero-order chi connectivity index (χ0) is 30.5. The largest absolute Gasteiger partial charge is 0.531 e. The molecule has 42 heavy (non-hydrogen) atoms. The van der Waals surface area contributed by atoms with E-state index in [1.54, 1.807) is 30.3 Å². The van der Waals surface area contributed by atoms with Gasteiger partial charge in [-0.3, -0.25) is 9.05 Å². The van der Waals surface area contributed by atoms with Crippen molar-refractivity contribution in [3.63, 3.8) is 0 Å². The molecule has 1 aromatic carbocycles. The summed E-state index contributed by atoms with van der Waals surface area (Å²) in [5, 5.41) is 36.0. The lowest BCUT2D eigenvalue weighted by Gasteiger charge is -2.27. The lowest BCUT2D eigenvalue weighted by atomic mass is 9.96.